The third-order valence-electron chi connectivity index (χ3n) is 4.76. The number of hydrogen-bond acceptors (Lipinski definition) is 4. The molecule has 0 radical (unpaired) electrons. The van der Waals surface area contributed by atoms with E-state index >= 15 is 0 Å². The molecule has 1 aliphatic rings. The predicted octanol–water partition coefficient (Wildman–Crippen LogP) is 3.00. The first-order valence-corrected chi connectivity index (χ1v) is 8.84. The molecular formula is C19H28N4O. The third-order valence-corrected chi connectivity index (χ3v) is 4.76. The lowest BCUT2D eigenvalue weighted by atomic mass is 10.1. The zero-order valence-corrected chi connectivity index (χ0v) is 14.8. The fourth-order valence-corrected chi connectivity index (χ4v) is 3.32. The van der Waals surface area contributed by atoms with Gasteiger partial charge in [-0.3, -0.25) is 5.10 Å². The van der Waals surface area contributed by atoms with Crippen molar-refractivity contribution in [3.8, 4) is 17.0 Å². The highest BCUT2D eigenvalue weighted by Crippen LogP contribution is 2.25. The van der Waals surface area contributed by atoms with E-state index in [1.54, 1.807) is 7.11 Å². The maximum atomic E-state index is 5.33. The quantitative estimate of drug-likeness (QED) is 0.848. The van der Waals surface area contributed by atoms with Crippen LogP contribution in [0.1, 0.15) is 24.8 Å². The third kappa shape index (κ3) is 4.36. The molecule has 5 nitrogen and oxygen atoms in total. The van der Waals surface area contributed by atoms with Crippen LogP contribution in [0, 0.1) is 0 Å². The molecule has 130 valence electrons. The highest BCUT2D eigenvalue weighted by atomic mass is 16.5. The van der Waals surface area contributed by atoms with E-state index in [-0.39, 0.29) is 0 Å². The Balaban J connectivity index is 1.60. The van der Waals surface area contributed by atoms with Gasteiger partial charge in [0.25, 0.3) is 0 Å². The Hall–Kier alpha value is -1.85. The van der Waals surface area contributed by atoms with E-state index in [1.165, 1.54) is 37.9 Å². The van der Waals surface area contributed by atoms with Crippen molar-refractivity contribution in [3.05, 3.63) is 36.0 Å². The molecule has 3 rings (SSSR count). The summed E-state index contributed by atoms with van der Waals surface area (Å²) in [6, 6.07) is 8.11. The van der Waals surface area contributed by atoms with Crippen LogP contribution in [0.5, 0.6) is 5.75 Å². The van der Waals surface area contributed by atoms with Crippen molar-refractivity contribution in [2.24, 2.45) is 0 Å². The number of aromatic amines is 1. The van der Waals surface area contributed by atoms with Crippen molar-refractivity contribution in [2.75, 3.05) is 40.3 Å². The number of H-pyrrole nitrogens is 1. The molecule has 1 aromatic heterocycles. The van der Waals surface area contributed by atoms with Crippen molar-refractivity contribution in [1.82, 2.24) is 20.0 Å². The number of piperidine rings is 1. The second kappa shape index (κ2) is 8.31. The molecule has 0 unspecified atom stereocenters. The van der Waals surface area contributed by atoms with Crippen LogP contribution in [0.25, 0.3) is 11.3 Å². The summed E-state index contributed by atoms with van der Waals surface area (Å²) in [7, 11) is 3.88. The predicted molar refractivity (Wildman–Crippen MR) is 97.2 cm³/mol. The van der Waals surface area contributed by atoms with Gasteiger partial charge in [-0.05, 0) is 45.1 Å². The first-order chi connectivity index (χ1) is 11.8. The van der Waals surface area contributed by atoms with Gasteiger partial charge in [-0.25, -0.2) is 0 Å². The van der Waals surface area contributed by atoms with Crippen LogP contribution in [0.4, 0.5) is 0 Å². The molecule has 1 N–H and O–H groups in total. The number of benzene rings is 1. The Morgan fingerprint density at radius 2 is 2.08 bits per heavy atom. The minimum absolute atomic E-state index is 0.867. The van der Waals surface area contributed by atoms with E-state index in [2.05, 4.69) is 33.1 Å². The second-order valence-corrected chi connectivity index (χ2v) is 6.64. The standard InChI is InChI=1S/C19H28N4O/c1-22(11-12-23-9-4-3-5-10-23)15-17-14-20-21-19(17)16-7-6-8-18(13-16)24-2/h6-8,13-14H,3-5,9-12,15H2,1-2H3,(H,20,21). The molecule has 0 atom stereocenters. The van der Waals surface area contributed by atoms with Crippen LogP contribution in [-0.4, -0.2) is 60.3 Å². The summed E-state index contributed by atoms with van der Waals surface area (Å²) in [6.45, 7) is 5.66. The number of nitrogens with one attached hydrogen (secondary N) is 1. The van der Waals surface area contributed by atoms with Crippen LogP contribution in [-0.2, 0) is 6.54 Å². The summed E-state index contributed by atoms with van der Waals surface area (Å²) in [5.41, 5.74) is 3.43. The van der Waals surface area contributed by atoms with Gasteiger partial charge in [-0.15, -0.1) is 0 Å². The van der Waals surface area contributed by atoms with E-state index in [0.717, 1.165) is 36.6 Å². The minimum Gasteiger partial charge on any atom is -0.497 e. The van der Waals surface area contributed by atoms with Crippen molar-refractivity contribution in [3.63, 3.8) is 0 Å². The summed E-state index contributed by atoms with van der Waals surface area (Å²) in [5.74, 6) is 0.867. The molecule has 0 bridgehead atoms. The number of hydrogen-bond donors (Lipinski definition) is 1. The van der Waals surface area contributed by atoms with Gasteiger partial charge in [-0.2, -0.15) is 5.10 Å². The smallest absolute Gasteiger partial charge is 0.119 e. The largest absolute Gasteiger partial charge is 0.497 e. The van der Waals surface area contributed by atoms with Gasteiger partial charge in [0, 0.05) is 30.8 Å². The van der Waals surface area contributed by atoms with Crippen LogP contribution in [0.2, 0.25) is 0 Å². The molecular weight excluding hydrogens is 300 g/mol. The number of nitrogens with zero attached hydrogens (tertiary/aromatic N) is 3. The maximum absolute atomic E-state index is 5.33. The molecule has 1 fully saturated rings. The normalized spacial score (nSPS) is 15.8. The van der Waals surface area contributed by atoms with E-state index in [4.69, 9.17) is 4.74 Å². The van der Waals surface area contributed by atoms with Gasteiger partial charge >= 0.3 is 0 Å². The highest BCUT2D eigenvalue weighted by Gasteiger charge is 2.13. The van der Waals surface area contributed by atoms with Crippen molar-refractivity contribution >= 4 is 0 Å². The van der Waals surface area contributed by atoms with Gasteiger partial charge in [0.2, 0.25) is 0 Å². The Morgan fingerprint density at radius 3 is 2.88 bits per heavy atom. The van der Waals surface area contributed by atoms with E-state index in [0.29, 0.717) is 0 Å². The molecule has 24 heavy (non-hydrogen) atoms. The van der Waals surface area contributed by atoms with E-state index in [9.17, 15) is 0 Å². The first-order valence-electron chi connectivity index (χ1n) is 8.84. The van der Waals surface area contributed by atoms with Gasteiger partial charge in [0.15, 0.2) is 0 Å². The van der Waals surface area contributed by atoms with Crippen molar-refractivity contribution in [2.45, 2.75) is 25.8 Å². The van der Waals surface area contributed by atoms with E-state index in [1.807, 2.05) is 24.4 Å². The molecule has 2 aromatic rings. The number of aromatic nitrogens is 2. The average Bonchev–Trinajstić information content (AvgIpc) is 3.09. The molecule has 0 spiro atoms. The maximum Gasteiger partial charge on any atom is 0.119 e. The molecule has 5 heteroatoms. The van der Waals surface area contributed by atoms with Gasteiger partial charge in [0.1, 0.15) is 5.75 Å². The lowest BCUT2D eigenvalue weighted by molar-refractivity contribution is 0.194. The Kier molecular flexibility index (Phi) is 5.88. The van der Waals surface area contributed by atoms with Crippen LogP contribution >= 0.6 is 0 Å². The lowest BCUT2D eigenvalue weighted by Gasteiger charge is -2.28. The van der Waals surface area contributed by atoms with Crippen LogP contribution in [0.3, 0.4) is 0 Å². The molecule has 1 aliphatic heterocycles. The number of rotatable bonds is 7. The SMILES string of the molecule is COc1cccc(-c2[nH]ncc2CN(C)CCN2CCCCC2)c1. The summed E-state index contributed by atoms with van der Waals surface area (Å²) < 4.78 is 5.33. The number of likely N-dealkylation sites (tertiary alicyclic amines) is 1. The fraction of sp³-hybridized carbons (Fsp3) is 0.526. The zero-order chi connectivity index (χ0) is 16.8. The Labute approximate surface area is 144 Å². The van der Waals surface area contributed by atoms with Crippen molar-refractivity contribution in [1.29, 1.82) is 0 Å². The average molecular weight is 328 g/mol. The highest BCUT2D eigenvalue weighted by molar-refractivity contribution is 5.64. The number of ether oxygens (including phenoxy) is 1. The Bertz CT molecular complexity index is 634. The number of methoxy groups -OCH3 is 1. The Morgan fingerprint density at radius 1 is 1.25 bits per heavy atom. The van der Waals surface area contributed by atoms with E-state index < -0.39 is 0 Å². The molecule has 1 saturated heterocycles. The summed E-state index contributed by atoms with van der Waals surface area (Å²) >= 11 is 0. The molecule has 1 aromatic carbocycles. The molecule has 0 saturated carbocycles. The molecule has 2 heterocycles. The van der Waals surface area contributed by atoms with Gasteiger partial charge in [0.05, 0.1) is 19.0 Å². The molecule has 0 aliphatic carbocycles. The van der Waals surface area contributed by atoms with Crippen molar-refractivity contribution < 1.29 is 4.74 Å². The molecule has 0 amide bonds. The van der Waals surface area contributed by atoms with Crippen LogP contribution in [0.15, 0.2) is 30.5 Å². The zero-order valence-electron chi connectivity index (χ0n) is 14.8. The summed E-state index contributed by atoms with van der Waals surface area (Å²) in [4.78, 5) is 4.96. The summed E-state index contributed by atoms with van der Waals surface area (Å²) in [6.07, 6.45) is 6.04. The number of likely N-dealkylation sites (N-methyl/N-ethyl adjacent to an activating group) is 1. The lowest BCUT2D eigenvalue weighted by Crippen LogP contribution is -2.36. The first kappa shape index (κ1) is 17.0. The minimum atomic E-state index is 0.867. The topological polar surface area (TPSA) is 44.4 Å². The monoisotopic (exact) mass is 328 g/mol. The summed E-state index contributed by atoms with van der Waals surface area (Å²) in [5, 5.41) is 7.40. The fourth-order valence-electron chi connectivity index (χ4n) is 3.32. The van der Waals surface area contributed by atoms with Gasteiger partial charge in [-0.1, -0.05) is 18.6 Å². The van der Waals surface area contributed by atoms with Crippen LogP contribution < -0.4 is 4.74 Å². The second-order valence-electron chi connectivity index (χ2n) is 6.64. The van der Waals surface area contributed by atoms with Gasteiger partial charge < -0.3 is 14.5 Å².